The van der Waals surface area contributed by atoms with E-state index in [-0.39, 0.29) is 12.2 Å². The molecule has 17 nitrogen and oxygen atoms in total. The Morgan fingerprint density at radius 3 is 2.32 bits per heavy atom. The number of aliphatic hydroxyl groups excluding tert-OH is 2. The molecule has 2 rings (SSSR count). The molecule has 1 fully saturated rings. The quantitative estimate of drug-likeness (QED) is 0.183. The van der Waals surface area contributed by atoms with Crippen molar-refractivity contribution in [2.45, 2.75) is 37.4 Å². The molecule has 6 atom stereocenters. The second kappa shape index (κ2) is 9.08. The largest absolute Gasteiger partial charge is 0.490 e. The Bertz CT molecular complexity index is 1010. The molecule has 1 aliphatic heterocycles. The SMILES string of the molecule is CC[C@@]1(n2ccc(N)nc2=O)O[C@H](COP(=O)(O)OP(=O)(O)OP(=O)(O)O)[C@@H](O)[C@H]1O. The van der Waals surface area contributed by atoms with E-state index in [2.05, 4.69) is 18.1 Å². The Morgan fingerprint density at radius 2 is 1.81 bits per heavy atom. The van der Waals surface area contributed by atoms with E-state index in [0.29, 0.717) is 0 Å². The van der Waals surface area contributed by atoms with Crippen molar-refractivity contribution in [2.24, 2.45) is 0 Å². The van der Waals surface area contributed by atoms with Crippen LogP contribution in [0.15, 0.2) is 17.1 Å². The van der Waals surface area contributed by atoms with Crippen LogP contribution in [-0.2, 0) is 37.3 Å². The lowest BCUT2D eigenvalue weighted by Crippen LogP contribution is -2.50. The number of phosphoric acid groups is 3. The Hall–Kier alpha value is -1.03. The fourth-order valence-corrected chi connectivity index (χ4v) is 5.87. The van der Waals surface area contributed by atoms with Crippen LogP contribution in [0.5, 0.6) is 0 Å². The topological polar surface area (TPSA) is 270 Å². The number of aliphatic hydroxyl groups is 2. The van der Waals surface area contributed by atoms with Crippen LogP contribution in [0.1, 0.15) is 13.3 Å². The summed E-state index contributed by atoms with van der Waals surface area (Å²) >= 11 is 0. The van der Waals surface area contributed by atoms with Gasteiger partial charge in [0.1, 0.15) is 24.1 Å². The van der Waals surface area contributed by atoms with Crippen molar-refractivity contribution < 1.29 is 61.4 Å². The van der Waals surface area contributed by atoms with Crippen LogP contribution in [-0.4, -0.2) is 64.3 Å². The van der Waals surface area contributed by atoms with Crippen molar-refractivity contribution in [1.82, 2.24) is 9.55 Å². The number of anilines is 1. The molecule has 31 heavy (non-hydrogen) atoms. The number of aromatic nitrogens is 2. The number of nitrogens with zero attached hydrogens (tertiary/aromatic N) is 2. The molecule has 1 aromatic rings. The number of nitrogen functional groups attached to an aromatic ring is 1. The fraction of sp³-hybridized carbons (Fsp3) is 0.636. The Balaban J connectivity index is 2.18. The van der Waals surface area contributed by atoms with E-state index in [1.807, 2.05) is 0 Å². The third-order valence-electron chi connectivity index (χ3n) is 4.08. The first-order valence-electron chi connectivity index (χ1n) is 8.20. The van der Waals surface area contributed by atoms with E-state index in [1.54, 1.807) is 0 Å². The maximum Gasteiger partial charge on any atom is 0.490 e. The van der Waals surface area contributed by atoms with Gasteiger partial charge in [-0.15, -0.1) is 0 Å². The first-order valence-corrected chi connectivity index (χ1v) is 12.7. The number of phosphoric ester groups is 1. The van der Waals surface area contributed by atoms with Crippen LogP contribution >= 0.6 is 23.5 Å². The Labute approximate surface area is 173 Å². The highest BCUT2D eigenvalue weighted by Gasteiger charge is 2.55. The van der Waals surface area contributed by atoms with Crippen LogP contribution < -0.4 is 11.4 Å². The van der Waals surface area contributed by atoms with Gasteiger partial charge in [0.05, 0.1) is 6.61 Å². The van der Waals surface area contributed by atoms with Crippen molar-refractivity contribution in [1.29, 1.82) is 0 Å². The minimum atomic E-state index is -5.73. The molecule has 0 radical (unpaired) electrons. The van der Waals surface area contributed by atoms with Gasteiger partial charge in [-0.3, -0.25) is 9.09 Å². The predicted molar refractivity (Wildman–Crippen MR) is 97.9 cm³/mol. The molecule has 1 aliphatic rings. The van der Waals surface area contributed by atoms with Gasteiger partial charge in [0, 0.05) is 6.20 Å². The van der Waals surface area contributed by atoms with Gasteiger partial charge in [0.15, 0.2) is 5.72 Å². The van der Waals surface area contributed by atoms with Crippen molar-refractivity contribution in [3.05, 3.63) is 22.7 Å². The number of hydrogen-bond acceptors (Lipinski definition) is 12. The van der Waals surface area contributed by atoms with Gasteiger partial charge < -0.3 is 40.3 Å². The normalized spacial score (nSPS) is 30.6. The van der Waals surface area contributed by atoms with E-state index in [0.717, 1.165) is 10.8 Å². The van der Waals surface area contributed by atoms with Crippen LogP contribution in [0.2, 0.25) is 0 Å². The molecular formula is C11H20N3O14P3. The van der Waals surface area contributed by atoms with Gasteiger partial charge in [-0.05, 0) is 12.5 Å². The van der Waals surface area contributed by atoms with E-state index in [4.69, 9.17) is 25.2 Å². The lowest BCUT2D eigenvalue weighted by molar-refractivity contribution is -0.151. The summed E-state index contributed by atoms with van der Waals surface area (Å²) in [5, 5.41) is 20.7. The number of nitrogens with two attached hydrogens (primary N) is 1. The molecular weight excluding hydrogens is 491 g/mol. The third kappa shape index (κ3) is 6.27. The second-order valence-electron chi connectivity index (χ2n) is 6.18. The molecule has 178 valence electrons. The molecule has 2 unspecified atom stereocenters. The number of ether oxygens (including phenoxy) is 1. The fourth-order valence-electron chi connectivity index (χ4n) is 2.84. The van der Waals surface area contributed by atoms with Crippen molar-refractivity contribution in [3.8, 4) is 0 Å². The minimum Gasteiger partial charge on any atom is -0.387 e. The van der Waals surface area contributed by atoms with Gasteiger partial charge in [0.25, 0.3) is 0 Å². The summed E-state index contributed by atoms with van der Waals surface area (Å²) in [5.41, 5.74) is 2.61. The highest BCUT2D eigenvalue weighted by molar-refractivity contribution is 7.66. The van der Waals surface area contributed by atoms with Crippen molar-refractivity contribution >= 4 is 29.3 Å². The monoisotopic (exact) mass is 511 g/mol. The zero-order valence-electron chi connectivity index (χ0n) is 15.6. The molecule has 0 bridgehead atoms. The van der Waals surface area contributed by atoms with Gasteiger partial charge in [-0.25, -0.2) is 18.5 Å². The number of hydrogen-bond donors (Lipinski definition) is 7. The van der Waals surface area contributed by atoms with Gasteiger partial charge in [-0.1, -0.05) is 6.92 Å². The van der Waals surface area contributed by atoms with E-state index in [1.165, 1.54) is 13.0 Å². The standard InChI is InChI=1S/C11H20N3O14P3/c1-2-11(14-4-3-7(12)13-10(14)17)9(16)8(15)6(26-11)5-25-30(21,22)28-31(23,24)27-29(18,19)20/h3-4,6,8-9,15-16H,2,5H2,1H3,(H,21,22)(H,23,24)(H2,12,13,17)(H2,18,19,20)/t6-,8-,9-,11-/m1/s1. The molecule has 0 aromatic carbocycles. The Kier molecular flexibility index (Phi) is 7.68. The summed E-state index contributed by atoms with van der Waals surface area (Å²) < 4.78 is 51.7. The molecule has 1 aromatic heterocycles. The molecule has 20 heteroatoms. The summed E-state index contributed by atoms with van der Waals surface area (Å²) in [5.74, 6) is -0.121. The molecule has 1 saturated heterocycles. The van der Waals surface area contributed by atoms with Crippen LogP contribution in [0.4, 0.5) is 5.82 Å². The van der Waals surface area contributed by atoms with Gasteiger partial charge in [0.2, 0.25) is 0 Å². The van der Waals surface area contributed by atoms with Crippen LogP contribution in [0.25, 0.3) is 0 Å². The lowest BCUT2D eigenvalue weighted by Gasteiger charge is -2.32. The summed E-state index contributed by atoms with van der Waals surface area (Å²) in [6.07, 6.45) is -4.05. The first-order chi connectivity index (χ1) is 14.0. The van der Waals surface area contributed by atoms with Crippen molar-refractivity contribution in [3.63, 3.8) is 0 Å². The van der Waals surface area contributed by atoms with Crippen LogP contribution in [0.3, 0.4) is 0 Å². The predicted octanol–water partition coefficient (Wildman–Crippen LogP) is -1.65. The summed E-state index contributed by atoms with van der Waals surface area (Å²) in [6.45, 7) is 0.463. The smallest absolute Gasteiger partial charge is 0.387 e. The van der Waals surface area contributed by atoms with Crippen molar-refractivity contribution in [2.75, 3.05) is 12.3 Å². The third-order valence-corrected chi connectivity index (χ3v) is 7.88. The molecule has 0 saturated carbocycles. The Morgan fingerprint density at radius 1 is 1.19 bits per heavy atom. The maximum absolute atomic E-state index is 12.2. The molecule has 0 amide bonds. The number of rotatable bonds is 9. The maximum atomic E-state index is 12.2. The first kappa shape index (κ1) is 26.2. The molecule has 0 spiro atoms. The zero-order valence-corrected chi connectivity index (χ0v) is 18.2. The average Bonchev–Trinajstić information content (AvgIpc) is 2.82. The van der Waals surface area contributed by atoms with Gasteiger partial charge in [-0.2, -0.15) is 13.6 Å². The van der Waals surface area contributed by atoms with E-state index >= 15 is 0 Å². The molecule has 8 N–H and O–H groups in total. The highest BCUT2D eigenvalue weighted by Crippen LogP contribution is 2.66. The zero-order chi connectivity index (χ0) is 23.8. The van der Waals surface area contributed by atoms with E-state index < -0.39 is 59.8 Å². The van der Waals surface area contributed by atoms with E-state index in [9.17, 15) is 33.6 Å². The van der Waals surface area contributed by atoms with Crippen LogP contribution in [0, 0.1) is 0 Å². The minimum absolute atomic E-state index is 0.0948. The summed E-state index contributed by atoms with van der Waals surface area (Å²) in [6, 6.07) is 1.22. The molecule has 0 aliphatic carbocycles. The highest BCUT2D eigenvalue weighted by atomic mass is 31.3. The average molecular weight is 511 g/mol. The molecule has 2 heterocycles. The lowest BCUT2D eigenvalue weighted by atomic mass is 10.00. The summed E-state index contributed by atoms with van der Waals surface area (Å²) in [7, 11) is -16.8. The van der Waals surface area contributed by atoms with Gasteiger partial charge >= 0.3 is 29.2 Å². The second-order valence-corrected chi connectivity index (χ2v) is 10.6. The summed E-state index contributed by atoms with van der Waals surface area (Å²) in [4.78, 5) is 51.3.